The van der Waals surface area contributed by atoms with Crippen molar-refractivity contribution in [3.8, 4) is 5.88 Å². The second kappa shape index (κ2) is 6.57. The number of methoxy groups -OCH3 is 1. The molecular weight excluding hydrogens is 216 g/mol. The number of nitrogens with one attached hydrogen (secondary N) is 1. The van der Waals surface area contributed by atoms with Crippen LogP contribution in [0.4, 0.5) is 0 Å². The minimum atomic E-state index is 0.675. The topological polar surface area (TPSA) is 43.4 Å². The van der Waals surface area contributed by atoms with Crippen LogP contribution in [0.25, 0.3) is 0 Å². The fraction of sp³-hybridized carbons (Fsp3) is 0.615. The molecule has 2 rings (SSSR count). The summed E-state index contributed by atoms with van der Waals surface area (Å²) in [6.45, 7) is 3.68. The molecule has 0 aliphatic carbocycles. The van der Waals surface area contributed by atoms with E-state index < -0.39 is 0 Å². The lowest BCUT2D eigenvalue weighted by atomic mass is 10.1. The Labute approximate surface area is 102 Å². The molecule has 94 valence electrons. The molecule has 0 radical (unpaired) electrons. The lowest BCUT2D eigenvalue weighted by Gasteiger charge is -2.08. The first-order chi connectivity index (χ1) is 8.38. The number of hydrogen-bond donors (Lipinski definition) is 1. The average molecular weight is 236 g/mol. The van der Waals surface area contributed by atoms with Crippen molar-refractivity contribution in [3.63, 3.8) is 0 Å². The van der Waals surface area contributed by atoms with E-state index in [9.17, 15) is 0 Å². The molecule has 0 spiro atoms. The van der Waals surface area contributed by atoms with E-state index >= 15 is 0 Å². The van der Waals surface area contributed by atoms with Crippen LogP contribution >= 0.6 is 0 Å². The Morgan fingerprint density at radius 3 is 3.24 bits per heavy atom. The first-order valence-corrected chi connectivity index (χ1v) is 6.17. The summed E-state index contributed by atoms with van der Waals surface area (Å²) < 4.78 is 10.4. The number of rotatable bonds is 6. The SMILES string of the molecule is COc1cccc(CNCCC2CCOC2)n1. The van der Waals surface area contributed by atoms with Crippen molar-refractivity contribution in [2.24, 2.45) is 5.92 Å². The summed E-state index contributed by atoms with van der Waals surface area (Å²) in [5.74, 6) is 1.41. The number of ether oxygens (including phenoxy) is 2. The molecule has 0 saturated carbocycles. The number of aromatic nitrogens is 1. The van der Waals surface area contributed by atoms with Gasteiger partial charge in [-0.3, -0.25) is 0 Å². The second-order valence-electron chi connectivity index (χ2n) is 4.37. The zero-order valence-corrected chi connectivity index (χ0v) is 10.3. The predicted molar refractivity (Wildman–Crippen MR) is 66.0 cm³/mol. The van der Waals surface area contributed by atoms with Crippen molar-refractivity contribution >= 4 is 0 Å². The minimum absolute atomic E-state index is 0.675. The fourth-order valence-corrected chi connectivity index (χ4v) is 2.00. The van der Waals surface area contributed by atoms with E-state index in [-0.39, 0.29) is 0 Å². The van der Waals surface area contributed by atoms with Gasteiger partial charge in [-0.25, -0.2) is 4.98 Å². The van der Waals surface area contributed by atoms with E-state index in [0.29, 0.717) is 5.88 Å². The van der Waals surface area contributed by atoms with Crippen molar-refractivity contribution in [1.82, 2.24) is 10.3 Å². The van der Waals surface area contributed by atoms with E-state index in [0.717, 1.165) is 37.9 Å². The van der Waals surface area contributed by atoms with E-state index in [1.807, 2.05) is 18.2 Å². The van der Waals surface area contributed by atoms with Crippen LogP contribution in [0.2, 0.25) is 0 Å². The van der Waals surface area contributed by atoms with Gasteiger partial charge in [0.05, 0.1) is 12.8 Å². The Bertz CT molecular complexity index is 338. The van der Waals surface area contributed by atoms with Gasteiger partial charge < -0.3 is 14.8 Å². The van der Waals surface area contributed by atoms with Crippen LogP contribution in [0, 0.1) is 5.92 Å². The molecule has 1 saturated heterocycles. The van der Waals surface area contributed by atoms with Gasteiger partial charge in [-0.1, -0.05) is 6.07 Å². The van der Waals surface area contributed by atoms with Crippen LogP contribution in [-0.4, -0.2) is 31.9 Å². The zero-order valence-electron chi connectivity index (χ0n) is 10.3. The Balaban J connectivity index is 1.66. The maximum Gasteiger partial charge on any atom is 0.213 e. The molecule has 2 heterocycles. The largest absolute Gasteiger partial charge is 0.481 e. The van der Waals surface area contributed by atoms with Gasteiger partial charge in [-0.05, 0) is 31.4 Å². The quantitative estimate of drug-likeness (QED) is 0.762. The van der Waals surface area contributed by atoms with E-state index in [2.05, 4.69) is 10.3 Å². The normalized spacial score (nSPS) is 19.5. The molecule has 1 atom stereocenters. The third kappa shape index (κ3) is 3.98. The molecule has 1 aliphatic rings. The number of pyridine rings is 1. The molecule has 17 heavy (non-hydrogen) atoms. The Kier molecular flexibility index (Phi) is 4.76. The molecular formula is C13H20N2O2. The zero-order chi connectivity index (χ0) is 11.9. The smallest absolute Gasteiger partial charge is 0.213 e. The van der Waals surface area contributed by atoms with Crippen LogP contribution in [0.1, 0.15) is 18.5 Å². The van der Waals surface area contributed by atoms with E-state index in [1.54, 1.807) is 7.11 Å². The highest BCUT2D eigenvalue weighted by Gasteiger charge is 2.14. The maximum absolute atomic E-state index is 5.35. The lowest BCUT2D eigenvalue weighted by molar-refractivity contribution is 0.184. The van der Waals surface area contributed by atoms with E-state index in [4.69, 9.17) is 9.47 Å². The van der Waals surface area contributed by atoms with Crippen molar-refractivity contribution in [3.05, 3.63) is 23.9 Å². The molecule has 4 heteroatoms. The first kappa shape index (κ1) is 12.3. The van der Waals surface area contributed by atoms with Gasteiger partial charge in [0.1, 0.15) is 0 Å². The molecule has 0 amide bonds. The maximum atomic E-state index is 5.35. The minimum Gasteiger partial charge on any atom is -0.481 e. The molecule has 0 bridgehead atoms. The summed E-state index contributed by atoms with van der Waals surface area (Å²) in [5, 5.41) is 3.41. The molecule has 1 aromatic heterocycles. The first-order valence-electron chi connectivity index (χ1n) is 6.17. The highest BCUT2D eigenvalue weighted by molar-refractivity contribution is 5.15. The average Bonchev–Trinajstić information content (AvgIpc) is 2.88. The summed E-state index contributed by atoms with van der Waals surface area (Å²) in [4.78, 5) is 4.35. The van der Waals surface area contributed by atoms with Crippen molar-refractivity contribution in [2.45, 2.75) is 19.4 Å². The molecule has 0 aromatic carbocycles. The van der Waals surface area contributed by atoms with Gasteiger partial charge >= 0.3 is 0 Å². The summed E-state index contributed by atoms with van der Waals surface area (Å²) in [5.41, 5.74) is 1.02. The lowest BCUT2D eigenvalue weighted by Crippen LogP contribution is -2.18. The number of nitrogens with zero attached hydrogens (tertiary/aromatic N) is 1. The Morgan fingerprint density at radius 1 is 1.53 bits per heavy atom. The second-order valence-corrected chi connectivity index (χ2v) is 4.37. The molecule has 1 aromatic rings. The summed E-state index contributed by atoms with van der Waals surface area (Å²) >= 11 is 0. The molecule has 1 aliphatic heterocycles. The molecule has 1 unspecified atom stereocenters. The summed E-state index contributed by atoms with van der Waals surface area (Å²) in [6.07, 6.45) is 2.39. The predicted octanol–water partition coefficient (Wildman–Crippen LogP) is 1.61. The monoisotopic (exact) mass is 236 g/mol. The van der Waals surface area contributed by atoms with Crippen LogP contribution in [0.3, 0.4) is 0 Å². The van der Waals surface area contributed by atoms with Gasteiger partial charge in [-0.15, -0.1) is 0 Å². The van der Waals surface area contributed by atoms with Gasteiger partial charge in [0, 0.05) is 25.8 Å². The third-order valence-electron chi connectivity index (χ3n) is 3.05. The van der Waals surface area contributed by atoms with Crippen LogP contribution in [0.5, 0.6) is 5.88 Å². The third-order valence-corrected chi connectivity index (χ3v) is 3.05. The van der Waals surface area contributed by atoms with Crippen molar-refractivity contribution in [1.29, 1.82) is 0 Å². The highest BCUT2D eigenvalue weighted by atomic mass is 16.5. The number of hydrogen-bond acceptors (Lipinski definition) is 4. The van der Waals surface area contributed by atoms with E-state index in [1.165, 1.54) is 12.8 Å². The van der Waals surface area contributed by atoms with Crippen LogP contribution < -0.4 is 10.1 Å². The van der Waals surface area contributed by atoms with Gasteiger partial charge in [0.2, 0.25) is 5.88 Å². The molecule has 4 nitrogen and oxygen atoms in total. The standard InChI is InChI=1S/C13H20N2O2/c1-16-13-4-2-3-12(15-13)9-14-7-5-11-6-8-17-10-11/h2-4,11,14H,5-10H2,1H3. The van der Waals surface area contributed by atoms with Gasteiger partial charge in [0.15, 0.2) is 0 Å². The van der Waals surface area contributed by atoms with Crippen LogP contribution in [0.15, 0.2) is 18.2 Å². The van der Waals surface area contributed by atoms with Crippen molar-refractivity contribution < 1.29 is 9.47 Å². The Morgan fingerprint density at radius 2 is 2.47 bits per heavy atom. The fourth-order valence-electron chi connectivity index (χ4n) is 2.00. The van der Waals surface area contributed by atoms with Crippen LogP contribution in [-0.2, 0) is 11.3 Å². The highest BCUT2D eigenvalue weighted by Crippen LogP contribution is 2.15. The molecule has 1 N–H and O–H groups in total. The Hall–Kier alpha value is -1.13. The summed E-state index contributed by atoms with van der Waals surface area (Å²) in [6, 6.07) is 5.83. The van der Waals surface area contributed by atoms with Gasteiger partial charge in [-0.2, -0.15) is 0 Å². The summed E-state index contributed by atoms with van der Waals surface area (Å²) in [7, 11) is 1.64. The molecule has 1 fully saturated rings. The van der Waals surface area contributed by atoms with Gasteiger partial charge in [0.25, 0.3) is 0 Å². The van der Waals surface area contributed by atoms with Crippen molar-refractivity contribution in [2.75, 3.05) is 26.9 Å².